The summed E-state index contributed by atoms with van der Waals surface area (Å²) in [6, 6.07) is 5.40. The molecule has 2 fully saturated rings. The Morgan fingerprint density at radius 2 is 2.07 bits per heavy atom. The van der Waals surface area contributed by atoms with Gasteiger partial charge in [-0.05, 0) is 50.5 Å². The summed E-state index contributed by atoms with van der Waals surface area (Å²) in [5, 5.41) is 9.06. The van der Waals surface area contributed by atoms with Crippen LogP contribution in [0, 0.1) is 0 Å². The van der Waals surface area contributed by atoms with E-state index in [4.69, 9.17) is 26.8 Å². The van der Waals surface area contributed by atoms with Crippen molar-refractivity contribution in [3.05, 3.63) is 28.7 Å². The first-order valence-electron chi connectivity index (χ1n) is 9.84. The van der Waals surface area contributed by atoms with Gasteiger partial charge in [0.05, 0.1) is 11.5 Å². The number of carboxylic acid groups (broad SMARTS) is 1. The molecule has 1 aliphatic carbocycles. The van der Waals surface area contributed by atoms with Crippen LogP contribution in [0.5, 0.6) is 11.5 Å². The van der Waals surface area contributed by atoms with Crippen LogP contribution in [0.15, 0.2) is 23.1 Å². The molecule has 1 amide bonds. The highest BCUT2D eigenvalue weighted by atomic mass is 32.2. The predicted molar refractivity (Wildman–Crippen MR) is 117 cm³/mol. The summed E-state index contributed by atoms with van der Waals surface area (Å²) >= 11 is 6.81. The SMILES string of the molecule is CCOc1cc(/C=C2/SC(=S)N(C3CCCCC3)C2=O)ccc1OC(C)C(=O)O. The minimum Gasteiger partial charge on any atom is -0.490 e. The number of thioether (sulfide) groups is 1. The van der Waals surface area contributed by atoms with Gasteiger partial charge in [0.25, 0.3) is 5.91 Å². The zero-order chi connectivity index (χ0) is 21.0. The van der Waals surface area contributed by atoms with Gasteiger partial charge < -0.3 is 14.6 Å². The van der Waals surface area contributed by atoms with Crippen molar-refractivity contribution in [2.45, 2.75) is 58.1 Å². The van der Waals surface area contributed by atoms with E-state index in [1.54, 1.807) is 29.2 Å². The summed E-state index contributed by atoms with van der Waals surface area (Å²) in [5.41, 5.74) is 0.771. The van der Waals surface area contributed by atoms with Crippen molar-refractivity contribution in [2.24, 2.45) is 0 Å². The number of carboxylic acids is 1. The molecule has 1 N–H and O–H groups in total. The van der Waals surface area contributed by atoms with E-state index >= 15 is 0 Å². The van der Waals surface area contributed by atoms with E-state index in [9.17, 15) is 9.59 Å². The normalized spacial score (nSPS) is 20.2. The molecule has 1 aliphatic heterocycles. The lowest BCUT2D eigenvalue weighted by molar-refractivity contribution is -0.144. The van der Waals surface area contributed by atoms with Crippen LogP contribution in [0.4, 0.5) is 0 Å². The maximum absolute atomic E-state index is 12.9. The third-order valence-corrected chi connectivity index (χ3v) is 6.31. The average molecular weight is 436 g/mol. The molecule has 1 saturated heterocycles. The number of hydrogen-bond donors (Lipinski definition) is 1. The second-order valence-electron chi connectivity index (χ2n) is 7.08. The number of ether oxygens (including phenoxy) is 2. The molecule has 156 valence electrons. The van der Waals surface area contributed by atoms with Gasteiger partial charge in [-0.2, -0.15) is 0 Å². The fraction of sp³-hybridized carbons (Fsp3) is 0.476. The molecular weight excluding hydrogens is 410 g/mol. The number of benzene rings is 1. The monoisotopic (exact) mass is 435 g/mol. The van der Waals surface area contributed by atoms with Crippen LogP contribution in [0.1, 0.15) is 51.5 Å². The van der Waals surface area contributed by atoms with E-state index in [0.717, 1.165) is 31.2 Å². The molecular formula is C21H25NO5S2. The summed E-state index contributed by atoms with van der Waals surface area (Å²) in [6.45, 7) is 3.71. The number of rotatable bonds is 7. The largest absolute Gasteiger partial charge is 0.490 e. The second-order valence-corrected chi connectivity index (χ2v) is 8.76. The number of nitrogens with zero attached hydrogens (tertiary/aromatic N) is 1. The Bertz CT molecular complexity index is 832. The van der Waals surface area contributed by atoms with E-state index in [2.05, 4.69) is 0 Å². The summed E-state index contributed by atoms with van der Waals surface area (Å²) in [7, 11) is 0. The van der Waals surface area contributed by atoms with E-state index in [0.29, 0.717) is 27.3 Å². The lowest BCUT2D eigenvalue weighted by Gasteiger charge is -2.29. The molecule has 1 atom stereocenters. The predicted octanol–water partition coefficient (Wildman–Crippen LogP) is 4.47. The van der Waals surface area contributed by atoms with Crippen LogP contribution in [-0.4, -0.2) is 45.0 Å². The van der Waals surface area contributed by atoms with Crippen LogP contribution < -0.4 is 9.47 Å². The molecule has 2 aliphatic rings. The lowest BCUT2D eigenvalue weighted by Crippen LogP contribution is -2.39. The third-order valence-electron chi connectivity index (χ3n) is 4.98. The van der Waals surface area contributed by atoms with Crippen LogP contribution in [-0.2, 0) is 9.59 Å². The van der Waals surface area contributed by atoms with E-state index in [1.165, 1.54) is 25.1 Å². The van der Waals surface area contributed by atoms with Gasteiger partial charge in [-0.15, -0.1) is 0 Å². The van der Waals surface area contributed by atoms with E-state index in [-0.39, 0.29) is 11.9 Å². The molecule has 1 unspecified atom stereocenters. The van der Waals surface area contributed by atoms with E-state index < -0.39 is 12.1 Å². The Morgan fingerprint density at radius 3 is 2.72 bits per heavy atom. The Hall–Kier alpha value is -2.06. The van der Waals surface area contributed by atoms with E-state index in [1.807, 2.05) is 6.92 Å². The topological polar surface area (TPSA) is 76.1 Å². The van der Waals surface area contributed by atoms with Crippen molar-refractivity contribution in [1.82, 2.24) is 4.90 Å². The van der Waals surface area contributed by atoms with Gasteiger partial charge >= 0.3 is 5.97 Å². The van der Waals surface area contributed by atoms with Crippen molar-refractivity contribution < 1.29 is 24.2 Å². The number of carbonyl (C=O) groups is 2. The number of amides is 1. The zero-order valence-corrected chi connectivity index (χ0v) is 18.2. The van der Waals surface area contributed by atoms with Crippen LogP contribution >= 0.6 is 24.0 Å². The fourth-order valence-electron chi connectivity index (χ4n) is 3.51. The second kappa shape index (κ2) is 9.63. The molecule has 0 spiro atoms. The molecule has 6 nitrogen and oxygen atoms in total. The van der Waals surface area contributed by atoms with Gasteiger partial charge in [0.2, 0.25) is 0 Å². The molecule has 3 rings (SSSR count). The van der Waals surface area contributed by atoms with Crippen LogP contribution in [0.3, 0.4) is 0 Å². The molecule has 1 heterocycles. The van der Waals surface area contributed by atoms with Gasteiger partial charge in [-0.1, -0.05) is 49.3 Å². The van der Waals surface area contributed by atoms with Gasteiger partial charge in [0.15, 0.2) is 17.6 Å². The Labute approximate surface area is 180 Å². The summed E-state index contributed by atoms with van der Waals surface area (Å²) in [6.07, 6.45) is 6.30. The first-order valence-corrected chi connectivity index (χ1v) is 11.1. The fourth-order valence-corrected chi connectivity index (χ4v) is 4.91. The summed E-state index contributed by atoms with van der Waals surface area (Å²) in [4.78, 5) is 26.4. The molecule has 0 bridgehead atoms. The molecule has 1 aromatic rings. The first kappa shape index (κ1) is 21.6. The highest BCUT2D eigenvalue weighted by Crippen LogP contribution is 2.38. The van der Waals surface area contributed by atoms with Crippen molar-refractivity contribution in [2.75, 3.05) is 6.61 Å². The molecule has 0 aromatic heterocycles. The lowest BCUT2D eigenvalue weighted by atomic mass is 9.94. The van der Waals surface area contributed by atoms with Crippen LogP contribution in [0.25, 0.3) is 6.08 Å². The first-order chi connectivity index (χ1) is 13.9. The van der Waals surface area contributed by atoms with Crippen molar-refractivity contribution >= 4 is 46.3 Å². The molecule has 1 aromatic carbocycles. The summed E-state index contributed by atoms with van der Waals surface area (Å²) in [5.74, 6) is -0.293. The highest BCUT2D eigenvalue weighted by Gasteiger charge is 2.37. The zero-order valence-electron chi connectivity index (χ0n) is 16.6. The standard InChI is InChI=1S/C21H25NO5S2/c1-3-26-17-11-14(9-10-16(17)27-13(2)20(24)25)12-18-19(23)22(21(28)29-18)15-7-5-4-6-8-15/h9-13,15H,3-8H2,1-2H3,(H,24,25)/b18-12+. The smallest absolute Gasteiger partial charge is 0.344 e. The van der Waals surface area contributed by atoms with Crippen LogP contribution in [0.2, 0.25) is 0 Å². The quantitative estimate of drug-likeness (QED) is 0.500. The maximum Gasteiger partial charge on any atom is 0.344 e. The number of carbonyl (C=O) groups excluding carboxylic acids is 1. The number of aliphatic carboxylic acids is 1. The molecule has 8 heteroatoms. The van der Waals surface area contributed by atoms with Gasteiger partial charge in [0.1, 0.15) is 4.32 Å². The van der Waals surface area contributed by atoms with Crippen molar-refractivity contribution in [3.8, 4) is 11.5 Å². The maximum atomic E-state index is 12.9. The van der Waals surface area contributed by atoms with Gasteiger partial charge in [-0.3, -0.25) is 9.69 Å². The molecule has 29 heavy (non-hydrogen) atoms. The minimum absolute atomic E-state index is 0.0373. The Morgan fingerprint density at radius 1 is 1.34 bits per heavy atom. The van der Waals surface area contributed by atoms with Gasteiger partial charge in [-0.25, -0.2) is 4.79 Å². The Balaban J connectivity index is 1.82. The Kier molecular flexibility index (Phi) is 7.18. The number of thiocarbonyl (C=S) groups is 1. The molecule has 1 saturated carbocycles. The average Bonchev–Trinajstić information content (AvgIpc) is 2.97. The van der Waals surface area contributed by atoms with Crippen molar-refractivity contribution in [1.29, 1.82) is 0 Å². The molecule has 0 radical (unpaired) electrons. The van der Waals surface area contributed by atoms with Crippen molar-refractivity contribution in [3.63, 3.8) is 0 Å². The third kappa shape index (κ3) is 5.11. The minimum atomic E-state index is -1.05. The van der Waals surface area contributed by atoms with Gasteiger partial charge in [0, 0.05) is 6.04 Å². The number of hydrogen-bond acceptors (Lipinski definition) is 6. The highest BCUT2D eigenvalue weighted by molar-refractivity contribution is 8.26. The summed E-state index contributed by atoms with van der Waals surface area (Å²) < 4.78 is 11.7.